The molecule has 0 aromatic carbocycles. The van der Waals surface area contributed by atoms with E-state index in [1.54, 1.807) is 18.3 Å². The zero-order valence-electron chi connectivity index (χ0n) is 8.36. The molecule has 0 fully saturated rings. The Balaban J connectivity index is 2.69. The van der Waals surface area contributed by atoms with Gasteiger partial charge in [-0.25, -0.2) is 0 Å². The first kappa shape index (κ1) is 10.7. The second-order valence-electron chi connectivity index (χ2n) is 3.26. The maximum absolute atomic E-state index is 10.8. The van der Waals surface area contributed by atoms with Gasteiger partial charge < -0.3 is 10.5 Å². The molecule has 0 spiro atoms. The highest BCUT2D eigenvalue weighted by molar-refractivity contribution is 5.92. The minimum Gasteiger partial charge on any atom is -0.373 e. The number of hydrogen-bond donors (Lipinski definition) is 1. The van der Waals surface area contributed by atoms with Gasteiger partial charge in [0.25, 0.3) is 0 Å². The quantitative estimate of drug-likeness (QED) is 0.780. The summed E-state index contributed by atoms with van der Waals surface area (Å²) < 4.78 is 5.35. The standard InChI is InChI=1S/C10H14N2O2/c1-7(2)14-6-9-5-8(10(11)13)3-4-12-9/h3-5,7H,6H2,1-2H3,(H2,11,13). The number of rotatable bonds is 4. The summed E-state index contributed by atoms with van der Waals surface area (Å²) in [6, 6.07) is 3.23. The average Bonchev–Trinajstić information content (AvgIpc) is 2.15. The van der Waals surface area contributed by atoms with Gasteiger partial charge in [0, 0.05) is 11.8 Å². The molecule has 0 aliphatic carbocycles. The number of ether oxygens (including phenoxy) is 1. The van der Waals surface area contributed by atoms with Crippen LogP contribution >= 0.6 is 0 Å². The van der Waals surface area contributed by atoms with E-state index in [2.05, 4.69) is 4.98 Å². The topological polar surface area (TPSA) is 65.2 Å². The molecule has 0 atom stereocenters. The van der Waals surface area contributed by atoms with Crippen molar-refractivity contribution in [3.63, 3.8) is 0 Å². The Labute approximate surface area is 83.1 Å². The second-order valence-corrected chi connectivity index (χ2v) is 3.26. The van der Waals surface area contributed by atoms with E-state index in [0.29, 0.717) is 12.2 Å². The van der Waals surface area contributed by atoms with Gasteiger partial charge in [-0.05, 0) is 26.0 Å². The maximum Gasteiger partial charge on any atom is 0.248 e. The molecule has 1 amide bonds. The van der Waals surface area contributed by atoms with Crippen molar-refractivity contribution in [1.82, 2.24) is 4.98 Å². The van der Waals surface area contributed by atoms with Crippen LogP contribution in [-0.2, 0) is 11.3 Å². The number of nitrogens with two attached hydrogens (primary N) is 1. The van der Waals surface area contributed by atoms with Crippen molar-refractivity contribution in [2.24, 2.45) is 5.73 Å². The molecular formula is C10H14N2O2. The van der Waals surface area contributed by atoms with Gasteiger partial charge in [0.2, 0.25) is 5.91 Å². The Morgan fingerprint density at radius 1 is 1.64 bits per heavy atom. The molecular weight excluding hydrogens is 180 g/mol. The van der Waals surface area contributed by atoms with Gasteiger partial charge in [-0.3, -0.25) is 9.78 Å². The first-order chi connectivity index (χ1) is 6.59. The SMILES string of the molecule is CC(C)OCc1cc(C(N)=O)ccn1. The smallest absolute Gasteiger partial charge is 0.248 e. The van der Waals surface area contributed by atoms with Crippen molar-refractivity contribution < 1.29 is 9.53 Å². The second kappa shape index (κ2) is 4.72. The van der Waals surface area contributed by atoms with Crippen molar-refractivity contribution in [1.29, 1.82) is 0 Å². The Morgan fingerprint density at radius 2 is 2.36 bits per heavy atom. The number of aromatic nitrogens is 1. The van der Waals surface area contributed by atoms with E-state index in [4.69, 9.17) is 10.5 Å². The van der Waals surface area contributed by atoms with Gasteiger partial charge in [-0.2, -0.15) is 0 Å². The largest absolute Gasteiger partial charge is 0.373 e. The zero-order valence-corrected chi connectivity index (χ0v) is 8.36. The lowest BCUT2D eigenvalue weighted by Crippen LogP contribution is -2.12. The minimum atomic E-state index is -0.446. The first-order valence-electron chi connectivity index (χ1n) is 4.46. The molecule has 0 unspecified atom stereocenters. The average molecular weight is 194 g/mol. The van der Waals surface area contributed by atoms with E-state index in [9.17, 15) is 4.79 Å². The van der Waals surface area contributed by atoms with E-state index in [1.165, 1.54) is 0 Å². The van der Waals surface area contributed by atoms with Crippen molar-refractivity contribution in [2.45, 2.75) is 26.6 Å². The summed E-state index contributed by atoms with van der Waals surface area (Å²) in [5.74, 6) is -0.446. The third-order valence-electron chi connectivity index (χ3n) is 1.67. The van der Waals surface area contributed by atoms with E-state index in [0.717, 1.165) is 5.69 Å². The van der Waals surface area contributed by atoms with Gasteiger partial charge in [-0.1, -0.05) is 0 Å². The van der Waals surface area contributed by atoms with Crippen LogP contribution in [0.1, 0.15) is 29.9 Å². The van der Waals surface area contributed by atoms with E-state index >= 15 is 0 Å². The fourth-order valence-corrected chi connectivity index (χ4v) is 0.962. The molecule has 1 heterocycles. The van der Waals surface area contributed by atoms with Crippen molar-refractivity contribution >= 4 is 5.91 Å². The number of carbonyl (C=O) groups excluding carboxylic acids is 1. The summed E-state index contributed by atoms with van der Waals surface area (Å²) in [7, 11) is 0. The highest BCUT2D eigenvalue weighted by atomic mass is 16.5. The normalized spacial score (nSPS) is 10.5. The highest BCUT2D eigenvalue weighted by Crippen LogP contribution is 2.03. The summed E-state index contributed by atoms with van der Waals surface area (Å²) in [5.41, 5.74) is 6.31. The van der Waals surface area contributed by atoms with Crippen LogP contribution in [0.25, 0.3) is 0 Å². The molecule has 0 radical (unpaired) electrons. The van der Waals surface area contributed by atoms with Crippen LogP contribution in [0.15, 0.2) is 18.3 Å². The van der Waals surface area contributed by atoms with Gasteiger partial charge in [-0.15, -0.1) is 0 Å². The zero-order chi connectivity index (χ0) is 10.6. The Kier molecular flexibility index (Phi) is 3.59. The molecule has 0 aliphatic heterocycles. The molecule has 0 aliphatic rings. The van der Waals surface area contributed by atoms with Crippen molar-refractivity contribution in [3.05, 3.63) is 29.6 Å². The molecule has 14 heavy (non-hydrogen) atoms. The van der Waals surface area contributed by atoms with Crippen molar-refractivity contribution in [3.8, 4) is 0 Å². The molecule has 4 nitrogen and oxygen atoms in total. The van der Waals surface area contributed by atoms with Gasteiger partial charge >= 0.3 is 0 Å². The van der Waals surface area contributed by atoms with Crippen LogP contribution in [0, 0.1) is 0 Å². The van der Waals surface area contributed by atoms with E-state index in [-0.39, 0.29) is 6.10 Å². The number of primary amides is 1. The first-order valence-corrected chi connectivity index (χ1v) is 4.46. The van der Waals surface area contributed by atoms with E-state index < -0.39 is 5.91 Å². The molecule has 1 aromatic heterocycles. The third kappa shape index (κ3) is 3.14. The molecule has 2 N–H and O–H groups in total. The third-order valence-corrected chi connectivity index (χ3v) is 1.67. The fourth-order valence-electron chi connectivity index (χ4n) is 0.962. The van der Waals surface area contributed by atoms with Gasteiger partial charge in [0.05, 0.1) is 18.4 Å². The number of amides is 1. The summed E-state index contributed by atoms with van der Waals surface area (Å²) in [5, 5.41) is 0. The van der Waals surface area contributed by atoms with Crippen LogP contribution in [0.5, 0.6) is 0 Å². The molecule has 1 aromatic rings. The molecule has 0 saturated heterocycles. The maximum atomic E-state index is 10.8. The summed E-state index contributed by atoms with van der Waals surface area (Å²) >= 11 is 0. The summed E-state index contributed by atoms with van der Waals surface area (Å²) in [6.07, 6.45) is 1.70. The van der Waals surface area contributed by atoms with Gasteiger partial charge in [0.1, 0.15) is 0 Å². The van der Waals surface area contributed by atoms with Crippen LogP contribution in [0.4, 0.5) is 0 Å². The molecule has 0 bridgehead atoms. The van der Waals surface area contributed by atoms with Gasteiger partial charge in [0.15, 0.2) is 0 Å². The fraction of sp³-hybridized carbons (Fsp3) is 0.400. The highest BCUT2D eigenvalue weighted by Gasteiger charge is 2.03. The monoisotopic (exact) mass is 194 g/mol. The number of nitrogens with zero attached hydrogens (tertiary/aromatic N) is 1. The summed E-state index contributed by atoms with van der Waals surface area (Å²) in [6.45, 7) is 4.29. The lowest BCUT2D eigenvalue weighted by atomic mass is 10.2. The van der Waals surface area contributed by atoms with Crippen molar-refractivity contribution in [2.75, 3.05) is 0 Å². The van der Waals surface area contributed by atoms with Crippen LogP contribution in [-0.4, -0.2) is 17.0 Å². The summed E-state index contributed by atoms with van der Waals surface area (Å²) in [4.78, 5) is 14.9. The molecule has 76 valence electrons. The number of hydrogen-bond acceptors (Lipinski definition) is 3. The predicted molar refractivity (Wildman–Crippen MR) is 52.7 cm³/mol. The lowest BCUT2D eigenvalue weighted by molar-refractivity contribution is 0.0635. The van der Waals surface area contributed by atoms with Crippen LogP contribution in [0.3, 0.4) is 0 Å². The Bertz CT molecular complexity index is 324. The predicted octanol–water partition coefficient (Wildman–Crippen LogP) is 1.11. The Hall–Kier alpha value is -1.42. The lowest BCUT2D eigenvalue weighted by Gasteiger charge is -2.06. The molecule has 4 heteroatoms. The molecule has 1 rings (SSSR count). The number of pyridine rings is 1. The molecule has 0 saturated carbocycles. The van der Waals surface area contributed by atoms with Crippen LogP contribution < -0.4 is 5.73 Å². The van der Waals surface area contributed by atoms with Crippen LogP contribution in [0.2, 0.25) is 0 Å². The Morgan fingerprint density at radius 3 is 2.93 bits per heavy atom. The minimum absolute atomic E-state index is 0.147. The number of carbonyl (C=O) groups is 1. The van der Waals surface area contributed by atoms with E-state index in [1.807, 2.05) is 13.8 Å².